The predicted octanol–water partition coefficient (Wildman–Crippen LogP) is 9.47. The van der Waals surface area contributed by atoms with Gasteiger partial charge in [0.15, 0.2) is 5.82 Å². The minimum Gasteiger partial charge on any atom is -0.308 e. The number of halogens is 3. The van der Waals surface area contributed by atoms with Crippen LogP contribution in [-0.2, 0) is 6.18 Å². The van der Waals surface area contributed by atoms with Gasteiger partial charge < -0.3 is 4.57 Å². The molecule has 5 aromatic carbocycles. The summed E-state index contributed by atoms with van der Waals surface area (Å²) in [7, 11) is 0. The van der Waals surface area contributed by atoms with Gasteiger partial charge in [-0.05, 0) is 48.5 Å². The van der Waals surface area contributed by atoms with Crippen molar-refractivity contribution in [2.24, 2.45) is 0 Å². The van der Waals surface area contributed by atoms with Crippen molar-refractivity contribution in [1.82, 2.24) is 14.5 Å². The van der Waals surface area contributed by atoms with Gasteiger partial charge in [-0.2, -0.15) is 18.4 Å². The van der Waals surface area contributed by atoms with Crippen LogP contribution in [0.2, 0.25) is 0 Å². The molecule has 0 N–H and O–H groups in total. The van der Waals surface area contributed by atoms with Gasteiger partial charge in [-0.15, -0.1) is 0 Å². The summed E-state index contributed by atoms with van der Waals surface area (Å²) in [6.45, 7) is 0. The van der Waals surface area contributed by atoms with Crippen molar-refractivity contribution in [1.29, 1.82) is 5.26 Å². The lowest BCUT2D eigenvalue weighted by molar-refractivity contribution is -0.137. The first-order chi connectivity index (χ1) is 20.9. The average molecular weight is 567 g/mol. The highest BCUT2D eigenvalue weighted by Crippen LogP contribution is 2.39. The van der Waals surface area contributed by atoms with E-state index in [0.29, 0.717) is 44.4 Å². The number of benzene rings is 5. The molecule has 0 radical (unpaired) electrons. The molecule has 7 aromatic rings. The Kier molecular flexibility index (Phi) is 6.25. The molecule has 4 nitrogen and oxygen atoms in total. The topological polar surface area (TPSA) is 54.5 Å². The van der Waals surface area contributed by atoms with Gasteiger partial charge in [-0.3, -0.25) is 0 Å². The van der Waals surface area contributed by atoms with Gasteiger partial charge in [0.2, 0.25) is 0 Å². The molecule has 206 valence electrons. The van der Waals surface area contributed by atoms with Crippen LogP contribution in [0.4, 0.5) is 13.2 Å². The van der Waals surface area contributed by atoms with E-state index in [1.165, 1.54) is 12.1 Å². The van der Waals surface area contributed by atoms with Crippen molar-refractivity contribution in [2.75, 3.05) is 0 Å². The van der Waals surface area contributed by atoms with Crippen molar-refractivity contribution in [3.8, 4) is 45.7 Å². The van der Waals surface area contributed by atoms with E-state index < -0.39 is 11.7 Å². The molecule has 0 bridgehead atoms. The van der Waals surface area contributed by atoms with Crippen LogP contribution in [-0.4, -0.2) is 14.5 Å². The molecule has 0 aliphatic rings. The van der Waals surface area contributed by atoms with Crippen LogP contribution >= 0.6 is 0 Å². The Hall–Kier alpha value is -5.74. The number of aromatic nitrogens is 3. The van der Waals surface area contributed by atoms with Crippen molar-refractivity contribution < 1.29 is 13.2 Å². The van der Waals surface area contributed by atoms with Crippen LogP contribution in [0.1, 0.15) is 11.1 Å². The zero-order chi connectivity index (χ0) is 29.6. The Morgan fingerprint density at radius 2 is 1.21 bits per heavy atom. The van der Waals surface area contributed by atoms with Crippen LogP contribution in [0.15, 0.2) is 127 Å². The lowest BCUT2D eigenvalue weighted by Gasteiger charge is -2.15. The fraction of sp³-hybridized carbons (Fsp3) is 0.0278. The molecule has 0 saturated carbocycles. The van der Waals surface area contributed by atoms with Gasteiger partial charge in [0.25, 0.3) is 0 Å². The SMILES string of the molecule is N#Cc1ccc(-c2nc(-c3ccccc3)cc(-c3ccccc3)n2)c(-n2c3ccccc3c3cc(C(F)(F)F)ccc32)c1. The standard InChI is InChI=1S/C36H21F3N4/c37-36(38,39)26-16-18-33-29(20-26)27-13-7-8-14-32(27)43(33)34-19-23(22-40)15-17-28(34)35-41-30(24-9-3-1-4-10-24)21-31(42-35)25-11-5-2-6-12-25/h1-21H. The van der Waals surface area contributed by atoms with E-state index in [-0.39, 0.29) is 0 Å². The van der Waals surface area contributed by atoms with Crippen LogP contribution in [0.5, 0.6) is 0 Å². The third-order valence-electron chi connectivity index (χ3n) is 7.47. The monoisotopic (exact) mass is 566 g/mol. The first kappa shape index (κ1) is 26.2. The summed E-state index contributed by atoms with van der Waals surface area (Å²) in [6.07, 6.45) is -4.48. The number of alkyl halides is 3. The zero-order valence-electron chi connectivity index (χ0n) is 22.5. The van der Waals surface area contributed by atoms with E-state index in [2.05, 4.69) is 6.07 Å². The number of rotatable bonds is 4. The van der Waals surface area contributed by atoms with E-state index in [1.807, 2.05) is 89.5 Å². The highest BCUT2D eigenvalue weighted by molar-refractivity contribution is 6.10. The number of hydrogen-bond acceptors (Lipinski definition) is 3. The van der Waals surface area contributed by atoms with Gasteiger partial charge in [0.05, 0.1) is 45.3 Å². The second-order valence-corrected chi connectivity index (χ2v) is 10.1. The third-order valence-corrected chi connectivity index (χ3v) is 7.47. The second kappa shape index (κ2) is 10.3. The van der Waals surface area contributed by atoms with E-state index in [9.17, 15) is 18.4 Å². The molecular weight excluding hydrogens is 545 g/mol. The number of hydrogen-bond donors (Lipinski definition) is 0. The van der Waals surface area contributed by atoms with Crippen LogP contribution in [0.25, 0.3) is 61.4 Å². The molecule has 0 amide bonds. The van der Waals surface area contributed by atoms with Gasteiger partial charge in [0, 0.05) is 27.5 Å². The van der Waals surface area contributed by atoms with Gasteiger partial charge in [0.1, 0.15) is 0 Å². The first-order valence-electron chi connectivity index (χ1n) is 13.6. The minimum atomic E-state index is -4.48. The van der Waals surface area contributed by atoms with E-state index >= 15 is 0 Å². The highest BCUT2D eigenvalue weighted by atomic mass is 19.4. The van der Waals surface area contributed by atoms with Gasteiger partial charge in [-0.25, -0.2) is 9.97 Å². The van der Waals surface area contributed by atoms with Crippen LogP contribution in [0, 0.1) is 11.3 Å². The summed E-state index contributed by atoms with van der Waals surface area (Å²) in [5.41, 5.74) is 5.45. The summed E-state index contributed by atoms with van der Waals surface area (Å²) in [5.74, 6) is 0.428. The molecule has 43 heavy (non-hydrogen) atoms. The van der Waals surface area contributed by atoms with Crippen molar-refractivity contribution >= 4 is 21.8 Å². The van der Waals surface area contributed by atoms with Crippen molar-refractivity contribution in [3.63, 3.8) is 0 Å². The van der Waals surface area contributed by atoms with Crippen molar-refractivity contribution in [3.05, 3.63) is 139 Å². The highest BCUT2D eigenvalue weighted by Gasteiger charge is 2.31. The zero-order valence-corrected chi connectivity index (χ0v) is 22.5. The molecule has 2 aromatic heterocycles. The average Bonchev–Trinajstić information content (AvgIpc) is 3.38. The van der Waals surface area contributed by atoms with Crippen molar-refractivity contribution in [2.45, 2.75) is 6.18 Å². The fourth-order valence-electron chi connectivity index (χ4n) is 5.47. The summed E-state index contributed by atoms with van der Waals surface area (Å²) in [5, 5.41) is 11.0. The molecule has 0 saturated heterocycles. The quantitative estimate of drug-likeness (QED) is 0.213. The minimum absolute atomic E-state index is 0.402. The molecule has 7 heteroatoms. The third kappa shape index (κ3) is 4.69. The Bertz CT molecular complexity index is 2120. The molecule has 0 aliphatic carbocycles. The maximum atomic E-state index is 13.7. The summed E-state index contributed by atoms with van der Waals surface area (Å²) >= 11 is 0. The normalized spacial score (nSPS) is 11.6. The molecule has 2 heterocycles. The van der Waals surface area contributed by atoms with E-state index in [0.717, 1.165) is 28.6 Å². The molecule has 0 spiro atoms. The first-order valence-corrected chi connectivity index (χ1v) is 13.6. The Labute approximate surface area is 245 Å². The Morgan fingerprint density at radius 3 is 1.84 bits per heavy atom. The van der Waals surface area contributed by atoms with Gasteiger partial charge >= 0.3 is 6.18 Å². The lowest BCUT2D eigenvalue weighted by atomic mass is 10.0. The second-order valence-electron chi connectivity index (χ2n) is 10.1. The summed E-state index contributed by atoms with van der Waals surface area (Å²) in [4.78, 5) is 9.95. The predicted molar refractivity (Wildman–Crippen MR) is 162 cm³/mol. The molecule has 0 unspecified atom stereocenters. The molecule has 0 aliphatic heterocycles. The molecular formula is C36H21F3N4. The van der Waals surface area contributed by atoms with Crippen LogP contribution < -0.4 is 0 Å². The van der Waals surface area contributed by atoms with Gasteiger partial charge in [-0.1, -0.05) is 78.9 Å². The smallest absolute Gasteiger partial charge is 0.308 e. The van der Waals surface area contributed by atoms with E-state index in [4.69, 9.17) is 9.97 Å². The number of para-hydroxylation sites is 1. The number of nitrogens with zero attached hydrogens (tertiary/aromatic N) is 4. The van der Waals surface area contributed by atoms with Crippen LogP contribution in [0.3, 0.4) is 0 Å². The van der Waals surface area contributed by atoms with E-state index in [1.54, 1.807) is 24.3 Å². The molecule has 0 fully saturated rings. The fourth-order valence-corrected chi connectivity index (χ4v) is 5.47. The molecule has 7 rings (SSSR count). The number of fused-ring (bicyclic) bond motifs is 3. The Balaban J connectivity index is 1.54. The maximum absolute atomic E-state index is 13.7. The maximum Gasteiger partial charge on any atom is 0.416 e. The lowest BCUT2D eigenvalue weighted by Crippen LogP contribution is -2.05. The summed E-state index contributed by atoms with van der Waals surface area (Å²) < 4.78 is 43.1. The largest absolute Gasteiger partial charge is 0.416 e. The summed E-state index contributed by atoms with van der Waals surface area (Å²) in [6, 6.07) is 40.0. The Morgan fingerprint density at radius 1 is 0.605 bits per heavy atom. The molecule has 0 atom stereocenters. The number of nitriles is 1.